The topological polar surface area (TPSA) is 58.4 Å². The summed E-state index contributed by atoms with van der Waals surface area (Å²) in [7, 11) is 3.86. The molecular formula is C14H16BrN3OS. The summed E-state index contributed by atoms with van der Waals surface area (Å²) in [6, 6.07) is 8.85. The van der Waals surface area contributed by atoms with Gasteiger partial charge in [-0.2, -0.15) is 0 Å². The Bertz CT molecular complexity index is 598. The number of carbonyl (C=O) groups excluding carboxylic acids is 1. The molecule has 1 amide bonds. The largest absolute Gasteiger partial charge is 0.376 e. The van der Waals surface area contributed by atoms with Crippen LogP contribution in [-0.4, -0.2) is 20.0 Å². The molecule has 2 aromatic rings. The van der Waals surface area contributed by atoms with Crippen molar-refractivity contribution in [3.63, 3.8) is 0 Å². The predicted molar refractivity (Wildman–Crippen MR) is 88.3 cm³/mol. The first kappa shape index (κ1) is 15.0. The van der Waals surface area contributed by atoms with Gasteiger partial charge in [0.2, 0.25) is 5.91 Å². The van der Waals surface area contributed by atoms with Crippen LogP contribution in [0, 0.1) is 0 Å². The molecule has 1 atom stereocenters. The third-order valence-corrected chi connectivity index (χ3v) is 4.28. The van der Waals surface area contributed by atoms with E-state index in [1.807, 2.05) is 54.7 Å². The number of halogens is 1. The van der Waals surface area contributed by atoms with Crippen LogP contribution in [0.4, 0.5) is 11.4 Å². The monoisotopic (exact) mass is 353 g/mol. The lowest BCUT2D eigenvalue weighted by atomic mass is 10.2. The first-order valence-corrected chi connectivity index (χ1v) is 7.73. The van der Waals surface area contributed by atoms with Gasteiger partial charge < -0.3 is 16.0 Å². The lowest BCUT2D eigenvalue weighted by Crippen LogP contribution is -2.27. The number of nitrogens with zero attached hydrogens (tertiary/aromatic N) is 1. The molecule has 0 spiro atoms. The Balaban J connectivity index is 2.21. The average Bonchev–Trinajstić information content (AvgIpc) is 2.91. The number of nitrogens with one attached hydrogen (secondary N) is 1. The van der Waals surface area contributed by atoms with Gasteiger partial charge in [0.05, 0.1) is 11.4 Å². The third kappa shape index (κ3) is 3.39. The van der Waals surface area contributed by atoms with E-state index in [1.54, 1.807) is 0 Å². The van der Waals surface area contributed by atoms with Crippen LogP contribution in [0.3, 0.4) is 0 Å². The zero-order valence-corrected chi connectivity index (χ0v) is 13.7. The molecule has 0 aliphatic carbocycles. The van der Waals surface area contributed by atoms with Crippen LogP contribution >= 0.6 is 27.3 Å². The number of nitrogens with two attached hydrogens (primary N) is 1. The van der Waals surface area contributed by atoms with Crippen molar-refractivity contribution in [3.8, 4) is 0 Å². The van der Waals surface area contributed by atoms with E-state index >= 15 is 0 Å². The van der Waals surface area contributed by atoms with Gasteiger partial charge in [-0.25, -0.2) is 0 Å². The van der Waals surface area contributed by atoms with Crippen LogP contribution in [0.25, 0.3) is 0 Å². The molecule has 1 aromatic heterocycles. The van der Waals surface area contributed by atoms with E-state index in [9.17, 15) is 4.79 Å². The van der Waals surface area contributed by atoms with Crippen molar-refractivity contribution >= 4 is 44.5 Å². The van der Waals surface area contributed by atoms with Crippen LogP contribution in [0.2, 0.25) is 0 Å². The molecule has 1 aromatic carbocycles. The maximum absolute atomic E-state index is 12.2. The molecule has 2 rings (SSSR count). The Kier molecular flexibility index (Phi) is 4.80. The Labute approximate surface area is 130 Å². The minimum Gasteiger partial charge on any atom is -0.376 e. The number of rotatable bonds is 4. The van der Waals surface area contributed by atoms with Crippen molar-refractivity contribution in [1.82, 2.24) is 0 Å². The van der Waals surface area contributed by atoms with Crippen LogP contribution in [0.1, 0.15) is 10.9 Å². The molecule has 0 saturated heterocycles. The normalized spacial score (nSPS) is 12.0. The maximum Gasteiger partial charge on any atom is 0.246 e. The van der Waals surface area contributed by atoms with Gasteiger partial charge in [-0.05, 0) is 29.6 Å². The number of carbonyl (C=O) groups is 1. The van der Waals surface area contributed by atoms with Crippen LogP contribution in [0.5, 0.6) is 0 Å². The first-order chi connectivity index (χ1) is 9.49. The smallest absolute Gasteiger partial charge is 0.246 e. The quantitative estimate of drug-likeness (QED) is 0.886. The standard InChI is InChI=1S/C14H16BrN3OS/c1-18(2)11-6-5-9(15)8-10(11)17-14(19)13(16)12-4-3-7-20-12/h3-8,13H,16H2,1-2H3,(H,17,19). The van der Waals surface area contributed by atoms with E-state index < -0.39 is 6.04 Å². The molecule has 3 N–H and O–H groups in total. The molecule has 0 fully saturated rings. The van der Waals surface area contributed by atoms with Gasteiger partial charge in [0.15, 0.2) is 0 Å². The van der Waals surface area contributed by atoms with Crippen molar-refractivity contribution < 1.29 is 4.79 Å². The molecular weight excluding hydrogens is 338 g/mol. The summed E-state index contributed by atoms with van der Waals surface area (Å²) in [5.74, 6) is -0.214. The summed E-state index contributed by atoms with van der Waals surface area (Å²) in [6.07, 6.45) is 0. The fraction of sp³-hybridized carbons (Fsp3) is 0.214. The molecule has 0 saturated carbocycles. The number of amides is 1. The maximum atomic E-state index is 12.2. The third-order valence-electron chi connectivity index (χ3n) is 2.83. The summed E-state index contributed by atoms with van der Waals surface area (Å²) in [5.41, 5.74) is 7.64. The predicted octanol–water partition coefficient (Wildman–Crippen LogP) is 3.22. The van der Waals surface area contributed by atoms with Gasteiger partial charge in [-0.3, -0.25) is 4.79 Å². The molecule has 0 aliphatic rings. The van der Waals surface area contributed by atoms with Crippen LogP contribution < -0.4 is 16.0 Å². The van der Waals surface area contributed by atoms with Gasteiger partial charge in [0, 0.05) is 23.4 Å². The molecule has 6 heteroatoms. The van der Waals surface area contributed by atoms with Gasteiger partial charge in [-0.15, -0.1) is 11.3 Å². The van der Waals surface area contributed by atoms with E-state index in [0.717, 1.165) is 20.7 Å². The molecule has 20 heavy (non-hydrogen) atoms. The van der Waals surface area contributed by atoms with E-state index in [0.29, 0.717) is 0 Å². The van der Waals surface area contributed by atoms with E-state index in [-0.39, 0.29) is 5.91 Å². The summed E-state index contributed by atoms with van der Waals surface area (Å²) in [4.78, 5) is 15.0. The highest BCUT2D eigenvalue weighted by Crippen LogP contribution is 2.29. The van der Waals surface area contributed by atoms with Gasteiger partial charge >= 0.3 is 0 Å². The summed E-state index contributed by atoms with van der Waals surface area (Å²) < 4.78 is 0.906. The fourth-order valence-corrected chi connectivity index (χ4v) is 2.89. The van der Waals surface area contributed by atoms with Crippen molar-refractivity contribution in [3.05, 3.63) is 45.1 Å². The Morgan fingerprint density at radius 3 is 2.75 bits per heavy atom. The highest BCUT2D eigenvalue weighted by Gasteiger charge is 2.18. The van der Waals surface area contributed by atoms with Crippen LogP contribution in [0.15, 0.2) is 40.2 Å². The highest BCUT2D eigenvalue weighted by atomic mass is 79.9. The van der Waals surface area contributed by atoms with Crippen molar-refractivity contribution in [2.45, 2.75) is 6.04 Å². The van der Waals surface area contributed by atoms with Gasteiger partial charge in [-0.1, -0.05) is 22.0 Å². The summed E-state index contributed by atoms with van der Waals surface area (Å²) in [5, 5.41) is 4.80. The second-order valence-electron chi connectivity index (χ2n) is 4.54. The molecule has 1 unspecified atom stereocenters. The van der Waals surface area contributed by atoms with Gasteiger partial charge in [0.25, 0.3) is 0 Å². The SMILES string of the molecule is CN(C)c1ccc(Br)cc1NC(=O)C(N)c1cccs1. The summed E-state index contributed by atoms with van der Waals surface area (Å²) >= 11 is 4.89. The zero-order chi connectivity index (χ0) is 14.7. The van der Waals surface area contributed by atoms with E-state index in [2.05, 4.69) is 21.2 Å². The lowest BCUT2D eigenvalue weighted by Gasteiger charge is -2.19. The second-order valence-corrected chi connectivity index (χ2v) is 6.43. The van der Waals surface area contributed by atoms with Gasteiger partial charge in [0.1, 0.15) is 6.04 Å². The van der Waals surface area contributed by atoms with Crippen LogP contribution in [-0.2, 0) is 4.79 Å². The minimum atomic E-state index is -0.649. The number of anilines is 2. The number of benzene rings is 1. The molecule has 4 nitrogen and oxygen atoms in total. The van der Waals surface area contributed by atoms with E-state index in [1.165, 1.54) is 11.3 Å². The molecule has 0 radical (unpaired) electrons. The Hall–Kier alpha value is -1.37. The average molecular weight is 354 g/mol. The Morgan fingerprint density at radius 2 is 2.15 bits per heavy atom. The molecule has 0 bridgehead atoms. The molecule has 106 valence electrons. The second kappa shape index (κ2) is 6.39. The molecule has 1 heterocycles. The van der Waals surface area contributed by atoms with Crippen molar-refractivity contribution in [2.24, 2.45) is 5.73 Å². The lowest BCUT2D eigenvalue weighted by molar-refractivity contribution is -0.117. The van der Waals surface area contributed by atoms with Crippen molar-refractivity contribution in [1.29, 1.82) is 0 Å². The number of thiophene rings is 1. The zero-order valence-electron chi connectivity index (χ0n) is 11.3. The minimum absolute atomic E-state index is 0.214. The van der Waals surface area contributed by atoms with Crippen molar-refractivity contribution in [2.75, 3.05) is 24.3 Å². The number of hydrogen-bond donors (Lipinski definition) is 2. The van der Waals surface area contributed by atoms with E-state index in [4.69, 9.17) is 5.73 Å². The first-order valence-electron chi connectivity index (χ1n) is 6.06. The molecule has 0 aliphatic heterocycles. The fourth-order valence-electron chi connectivity index (χ4n) is 1.81. The highest BCUT2D eigenvalue weighted by molar-refractivity contribution is 9.10. The Morgan fingerprint density at radius 1 is 1.40 bits per heavy atom. The number of hydrogen-bond acceptors (Lipinski definition) is 4. The summed E-state index contributed by atoms with van der Waals surface area (Å²) in [6.45, 7) is 0.